The van der Waals surface area contributed by atoms with E-state index in [1.165, 1.54) is 37.7 Å². The normalized spacial score (nSPS) is 18.6. The van der Waals surface area contributed by atoms with Crippen molar-refractivity contribution in [2.24, 2.45) is 5.73 Å². The van der Waals surface area contributed by atoms with E-state index in [1.54, 1.807) is 0 Å². The van der Waals surface area contributed by atoms with Crippen molar-refractivity contribution in [1.29, 1.82) is 0 Å². The summed E-state index contributed by atoms with van der Waals surface area (Å²) in [4.78, 5) is 4.38. The Kier molecular flexibility index (Phi) is 5.00. The first-order valence-electron chi connectivity index (χ1n) is 7.15. The van der Waals surface area contributed by atoms with Crippen LogP contribution in [0.25, 0.3) is 0 Å². The second kappa shape index (κ2) is 6.74. The minimum Gasteiger partial charge on any atom is -0.474 e. The number of aromatic nitrogens is 1. The Balaban J connectivity index is 1.86. The molecule has 2 rings (SSSR count). The predicted molar refractivity (Wildman–Crippen MR) is 73.7 cm³/mol. The maximum atomic E-state index is 5.93. The van der Waals surface area contributed by atoms with Crippen LogP contribution in [0, 0.1) is 0 Å². The standard InChI is InChI=1S/C15H24N2O/c1-2-13(16)10-12-8-9-15(17-11-12)18-14-6-4-3-5-7-14/h8-9,11,13-14H,2-7,10,16H2,1H3. The summed E-state index contributed by atoms with van der Waals surface area (Å²) < 4.78 is 5.90. The topological polar surface area (TPSA) is 48.1 Å². The Morgan fingerprint density at radius 2 is 2.11 bits per heavy atom. The van der Waals surface area contributed by atoms with Gasteiger partial charge in [0.2, 0.25) is 5.88 Å². The van der Waals surface area contributed by atoms with E-state index in [1.807, 2.05) is 12.3 Å². The summed E-state index contributed by atoms with van der Waals surface area (Å²) in [5, 5.41) is 0. The largest absolute Gasteiger partial charge is 0.474 e. The zero-order valence-electron chi connectivity index (χ0n) is 11.3. The van der Waals surface area contributed by atoms with E-state index >= 15 is 0 Å². The molecule has 1 heterocycles. The van der Waals surface area contributed by atoms with Gasteiger partial charge < -0.3 is 10.5 Å². The molecule has 2 N–H and O–H groups in total. The molecular formula is C15H24N2O. The van der Waals surface area contributed by atoms with Gasteiger partial charge in [0.05, 0.1) is 0 Å². The van der Waals surface area contributed by atoms with E-state index in [0.717, 1.165) is 18.7 Å². The molecule has 0 amide bonds. The number of hydrogen-bond donors (Lipinski definition) is 1. The van der Waals surface area contributed by atoms with Crippen molar-refractivity contribution in [3.63, 3.8) is 0 Å². The fraction of sp³-hybridized carbons (Fsp3) is 0.667. The van der Waals surface area contributed by atoms with Gasteiger partial charge in [-0.25, -0.2) is 4.98 Å². The van der Waals surface area contributed by atoms with Gasteiger partial charge in [-0.2, -0.15) is 0 Å². The molecule has 1 saturated carbocycles. The molecule has 0 aromatic carbocycles. The molecule has 1 atom stereocenters. The predicted octanol–water partition coefficient (Wildman–Crippen LogP) is 3.07. The molecule has 1 aliphatic carbocycles. The summed E-state index contributed by atoms with van der Waals surface area (Å²) in [6.07, 6.45) is 10.4. The molecular weight excluding hydrogens is 224 g/mol. The molecule has 3 nitrogen and oxygen atoms in total. The third-order valence-electron chi connectivity index (χ3n) is 3.66. The SMILES string of the molecule is CCC(N)Cc1ccc(OC2CCCCC2)nc1. The summed E-state index contributed by atoms with van der Waals surface area (Å²) in [6, 6.07) is 4.30. The Morgan fingerprint density at radius 1 is 1.33 bits per heavy atom. The molecule has 0 aliphatic heterocycles. The lowest BCUT2D eigenvalue weighted by atomic mass is 9.98. The van der Waals surface area contributed by atoms with Gasteiger partial charge in [0.25, 0.3) is 0 Å². The summed E-state index contributed by atoms with van der Waals surface area (Å²) >= 11 is 0. The van der Waals surface area contributed by atoms with Crippen molar-refractivity contribution in [3.8, 4) is 5.88 Å². The monoisotopic (exact) mass is 248 g/mol. The zero-order chi connectivity index (χ0) is 12.8. The quantitative estimate of drug-likeness (QED) is 0.871. The van der Waals surface area contributed by atoms with Crippen LogP contribution in [0.5, 0.6) is 5.88 Å². The molecule has 100 valence electrons. The summed E-state index contributed by atoms with van der Waals surface area (Å²) in [7, 11) is 0. The molecule has 18 heavy (non-hydrogen) atoms. The van der Waals surface area contributed by atoms with Gasteiger partial charge in [0, 0.05) is 18.3 Å². The van der Waals surface area contributed by atoms with E-state index in [9.17, 15) is 0 Å². The first-order chi connectivity index (χ1) is 8.78. The highest BCUT2D eigenvalue weighted by atomic mass is 16.5. The van der Waals surface area contributed by atoms with Crippen LogP contribution in [-0.2, 0) is 6.42 Å². The Hall–Kier alpha value is -1.09. The van der Waals surface area contributed by atoms with Gasteiger partial charge in [-0.05, 0) is 44.1 Å². The second-order valence-electron chi connectivity index (χ2n) is 5.26. The van der Waals surface area contributed by atoms with Crippen molar-refractivity contribution in [3.05, 3.63) is 23.9 Å². The first-order valence-corrected chi connectivity index (χ1v) is 7.15. The Morgan fingerprint density at radius 3 is 2.72 bits per heavy atom. The third-order valence-corrected chi connectivity index (χ3v) is 3.66. The average Bonchev–Trinajstić information content (AvgIpc) is 2.42. The van der Waals surface area contributed by atoms with Crippen molar-refractivity contribution in [1.82, 2.24) is 4.98 Å². The number of rotatable bonds is 5. The molecule has 1 aromatic rings. The van der Waals surface area contributed by atoms with Gasteiger partial charge in [-0.3, -0.25) is 0 Å². The third kappa shape index (κ3) is 3.98. The van der Waals surface area contributed by atoms with Crippen LogP contribution in [0.4, 0.5) is 0 Å². The van der Waals surface area contributed by atoms with Gasteiger partial charge in [0.15, 0.2) is 0 Å². The lowest BCUT2D eigenvalue weighted by Gasteiger charge is -2.22. The van der Waals surface area contributed by atoms with E-state index < -0.39 is 0 Å². The van der Waals surface area contributed by atoms with Crippen molar-refractivity contribution >= 4 is 0 Å². The van der Waals surface area contributed by atoms with Crippen molar-refractivity contribution in [2.45, 2.75) is 64.0 Å². The molecule has 1 aromatic heterocycles. The Bertz CT molecular complexity index is 344. The van der Waals surface area contributed by atoms with Crippen LogP contribution >= 0.6 is 0 Å². The van der Waals surface area contributed by atoms with E-state index in [2.05, 4.69) is 18.0 Å². The highest BCUT2D eigenvalue weighted by Gasteiger charge is 2.15. The minimum absolute atomic E-state index is 0.233. The molecule has 0 radical (unpaired) electrons. The van der Waals surface area contributed by atoms with Crippen molar-refractivity contribution in [2.75, 3.05) is 0 Å². The van der Waals surface area contributed by atoms with Crippen LogP contribution < -0.4 is 10.5 Å². The zero-order valence-corrected chi connectivity index (χ0v) is 11.3. The fourth-order valence-electron chi connectivity index (χ4n) is 2.40. The lowest BCUT2D eigenvalue weighted by molar-refractivity contribution is 0.148. The minimum atomic E-state index is 0.233. The lowest BCUT2D eigenvalue weighted by Crippen LogP contribution is -2.22. The number of ether oxygens (including phenoxy) is 1. The van der Waals surface area contributed by atoms with Gasteiger partial charge in [-0.15, -0.1) is 0 Å². The number of pyridine rings is 1. The molecule has 1 aliphatic rings. The average molecular weight is 248 g/mol. The van der Waals surface area contributed by atoms with Gasteiger partial charge in [0.1, 0.15) is 6.10 Å². The number of nitrogens with zero attached hydrogens (tertiary/aromatic N) is 1. The van der Waals surface area contributed by atoms with Crippen LogP contribution in [0.1, 0.15) is 51.0 Å². The highest BCUT2D eigenvalue weighted by molar-refractivity contribution is 5.18. The van der Waals surface area contributed by atoms with Gasteiger partial charge in [-0.1, -0.05) is 19.4 Å². The Labute approximate surface area is 110 Å². The summed E-state index contributed by atoms with van der Waals surface area (Å²) in [5.41, 5.74) is 7.13. The molecule has 0 saturated heterocycles. The summed E-state index contributed by atoms with van der Waals surface area (Å²) in [5.74, 6) is 0.760. The molecule has 0 spiro atoms. The number of hydrogen-bond acceptors (Lipinski definition) is 3. The van der Waals surface area contributed by atoms with Crippen LogP contribution in [-0.4, -0.2) is 17.1 Å². The smallest absolute Gasteiger partial charge is 0.213 e. The maximum Gasteiger partial charge on any atom is 0.213 e. The van der Waals surface area contributed by atoms with Crippen LogP contribution in [0.15, 0.2) is 18.3 Å². The summed E-state index contributed by atoms with van der Waals surface area (Å²) in [6.45, 7) is 2.11. The van der Waals surface area contributed by atoms with Gasteiger partial charge >= 0.3 is 0 Å². The van der Waals surface area contributed by atoms with Crippen molar-refractivity contribution < 1.29 is 4.74 Å². The number of nitrogens with two attached hydrogens (primary N) is 1. The first kappa shape index (κ1) is 13.3. The molecule has 1 unspecified atom stereocenters. The van der Waals surface area contributed by atoms with Crippen LogP contribution in [0.2, 0.25) is 0 Å². The maximum absolute atomic E-state index is 5.93. The highest BCUT2D eigenvalue weighted by Crippen LogP contribution is 2.22. The van der Waals surface area contributed by atoms with E-state index in [4.69, 9.17) is 10.5 Å². The van der Waals surface area contributed by atoms with E-state index in [0.29, 0.717) is 6.10 Å². The van der Waals surface area contributed by atoms with Crippen LogP contribution in [0.3, 0.4) is 0 Å². The molecule has 1 fully saturated rings. The second-order valence-corrected chi connectivity index (χ2v) is 5.26. The molecule has 0 bridgehead atoms. The molecule has 3 heteroatoms. The van der Waals surface area contributed by atoms with E-state index in [-0.39, 0.29) is 6.04 Å². The fourth-order valence-corrected chi connectivity index (χ4v) is 2.40.